The van der Waals surface area contributed by atoms with Gasteiger partial charge in [-0.05, 0) is 41.7 Å². The van der Waals surface area contributed by atoms with E-state index in [0.717, 1.165) is 37.2 Å². The van der Waals surface area contributed by atoms with Crippen molar-refractivity contribution < 1.29 is 9.90 Å². The Bertz CT molecular complexity index is 679. The lowest BCUT2D eigenvalue weighted by Gasteiger charge is -2.30. The van der Waals surface area contributed by atoms with E-state index in [2.05, 4.69) is 36.1 Å². The summed E-state index contributed by atoms with van der Waals surface area (Å²) < 4.78 is 0. The predicted octanol–water partition coefficient (Wildman–Crippen LogP) is 3.25. The van der Waals surface area contributed by atoms with Crippen LogP contribution < -0.4 is 0 Å². The molecule has 2 aromatic carbocycles. The van der Waals surface area contributed by atoms with Crippen LogP contribution >= 0.6 is 0 Å². The summed E-state index contributed by atoms with van der Waals surface area (Å²) in [7, 11) is 0. The van der Waals surface area contributed by atoms with Crippen LogP contribution in [0.25, 0.3) is 0 Å². The lowest BCUT2D eigenvalue weighted by atomic mass is 9.94. The van der Waals surface area contributed by atoms with Gasteiger partial charge >= 0.3 is 5.97 Å². The first-order chi connectivity index (χ1) is 10.1. The van der Waals surface area contributed by atoms with Crippen LogP contribution in [0.3, 0.4) is 0 Å². The minimum absolute atomic E-state index is 0.461. The predicted molar refractivity (Wildman–Crippen MR) is 82.4 cm³/mol. The Morgan fingerprint density at radius 1 is 1.19 bits per heavy atom. The highest BCUT2D eigenvalue weighted by Gasteiger charge is 2.21. The number of hydrogen-bond acceptors (Lipinski definition) is 2. The number of nitrogens with zero attached hydrogens (tertiary/aromatic N) is 1. The minimum atomic E-state index is -0.820. The van der Waals surface area contributed by atoms with Gasteiger partial charge in [0.15, 0.2) is 0 Å². The SMILES string of the molecule is Cc1ccccc1CN1CCc2c(cccc2C(=O)O)C1. The van der Waals surface area contributed by atoms with Crippen molar-refractivity contribution in [1.82, 2.24) is 4.90 Å². The largest absolute Gasteiger partial charge is 0.478 e. The Balaban J connectivity index is 1.81. The van der Waals surface area contributed by atoms with Gasteiger partial charge in [0.05, 0.1) is 5.56 Å². The molecular formula is C18H19NO2. The second-order valence-electron chi connectivity index (χ2n) is 5.64. The molecular weight excluding hydrogens is 262 g/mol. The lowest BCUT2D eigenvalue weighted by molar-refractivity contribution is 0.0694. The second kappa shape index (κ2) is 5.70. The van der Waals surface area contributed by atoms with Crippen LogP contribution in [-0.4, -0.2) is 22.5 Å². The van der Waals surface area contributed by atoms with Gasteiger partial charge in [0.25, 0.3) is 0 Å². The van der Waals surface area contributed by atoms with E-state index in [0.29, 0.717) is 5.56 Å². The normalized spacial score (nSPS) is 14.7. The van der Waals surface area contributed by atoms with Crippen LogP contribution in [-0.2, 0) is 19.5 Å². The quantitative estimate of drug-likeness (QED) is 0.939. The molecule has 0 aromatic heterocycles. The molecule has 0 unspecified atom stereocenters. The summed E-state index contributed by atoms with van der Waals surface area (Å²) in [5.74, 6) is -0.820. The molecule has 0 saturated heterocycles. The molecule has 3 rings (SSSR count). The third-order valence-corrected chi connectivity index (χ3v) is 4.23. The topological polar surface area (TPSA) is 40.5 Å². The molecule has 0 fully saturated rings. The number of rotatable bonds is 3. The van der Waals surface area contributed by atoms with E-state index >= 15 is 0 Å². The average molecular weight is 281 g/mol. The fourth-order valence-corrected chi connectivity index (χ4v) is 3.03. The first kappa shape index (κ1) is 13.8. The molecule has 3 nitrogen and oxygen atoms in total. The molecule has 1 aliphatic rings. The molecule has 0 spiro atoms. The Morgan fingerprint density at radius 3 is 2.76 bits per heavy atom. The highest BCUT2D eigenvalue weighted by atomic mass is 16.4. The molecule has 1 aliphatic heterocycles. The van der Waals surface area contributed by atoms with Crippen molar-refractivity contribution in [2.24, 2.45) is 0 Å². The van der Waals surface area contributed by atoms with Gasteiger partial charge in [0, 0.05) is 19.6 Å². The highest BCUT2D eigenvalue weighted by Crippen LogP contribution is 2.24. The van der Waals surface area contributed by atoms with E-state index in [4.69, 9.17) is 0 Å². The summed E-state index contributed by atoms with van der Waals surface area (Å²) in [6, 6.07) is 14.0. The van der Waals surface area contributed by atoms with E-state index in [1.165, 1.54) is 11.1 Å². The fraction of sp³-hybridized carbons (Fsp3) is 0.278. The van der Waals surface area contributed by atoms with Gasteiger partial charge in [0.2, 0.25) is 0 Å². The Hall–Kier alpha value is -2.13. The molecule has 0 atom stereocenters. The van der Waals surface area contributed by atoms with E-state index in [-0.39, 0.29) is 0 Å². The monoisotopic (exact) mass is 281 g/mol. The first-order valence-electron chi connectivity index (χ1n) is 7.26. The van der Waals surface area contributed by atoms with Crippen molar-refractivity contribution in [2.75, 3.05) is 6.54 Å². The zero-order valence-corrected chi connectivity index (χ0v) is 12.2. The zero-order valence-electron chi connectivity index (χ0n) is 12.2. The van der Waals surface area contributed by atoms with Crippen molar-refractivity contribution >= 4 is 5.97 Å². The van der Waals surface area contributed by atoms with Crippen LogP contribution in [0.15, 0.2) is 42.5 Å². The molecule has 0 amide bonds. The minimum Gasteiger partial charge on any atom is -0.478 e. The van der Waals surface area contributed by atoms with Gasteiger partial charge in [-0.3, -0.25) is 4.90 Å². The smallest absolute Gasteiger partial charge is 0.335 e. The van der Waals surface area contributed by atoms with E-state index < -0.39 is 5.97 Å². The molecule has 2 aromatic rings. The number of fused-ring (bicyclic) bond motifs is 1. The van der Waals surface area contributed by atoms with Crippen LogP contribution in [0.1, 0.15) is 32.6 Å². The van der Waals surface area contributed by atoms with Gasteiger partial charge in [-0.15, -0.1) is 0 Å². The van der Waals surface area contributed by atoms with E-state index in [9.17, 15) is 9.90 Å². The van der Waals surface area contributed by atoms with Crippen LogP contribution in [0.2, 0.25) is 0 Å². The van der Waals surface area contributed by atoms with E-state index in [1.807, 2.05) is 12.1 Å². The average Bonchev–Trinajstić information content (AvgIpc) is 2.48. The first-order valence-corrected chi connectivity index (χ1v) is 7.26. The third kappa shape index (κ3) is 2.83. The van der Waals surface area contributed by atoms with Crippen molar-refractivity contribution in [3.63, 3.8) is 0 Å². The molecule has 3 heteroatoms. The molecule has 0 saturated carbocycles. The standard InChI is InChI=1S/C18H19NO2/c1-13-5-2-3-6-14(13)11-19-10-9-16-15(12-19)7-4-8-17(16)18(20)21/h2-8H,9-12H2,1H3,(H,20,21). The lowest BCUT2D eigenvalue weighted by Crippen LogP contribution is -2.31. The summed E-state index contributed by atoms with van der Waals surface area (Å²) in [4.78, 5) is 13.7. The van der Waals surface area contributed by atoms with Gasteiger partial charge < -0.3 is 5.11 Å². The Labute approximate surface area is 124 Å². The fourth-order valence-electron chi connectivity index (χ4n) is 3.03. The van der Waals surface area contributed by atoms with Crippen LogP contribution in [0.5, 0.6) is 0 Å². The maximum atomic E-state index is 11.3. The number of carboxylic acids is 1. The van der Waals surface area contributed by atoms with Crippen molar-refractivity contribution in [3.05, 3.63) is 70.3 Å². The van der Waals surface area contributed by atoms with Crippen molar-refractivity contribution in [3.8, 4) is 0 Å². The van der Waals surface area contributed by atoms with Gasteiger partial charge in [-0.2, -0.15) is 0 Å². The summed E-state index contributed by atoms with van der Waals surface area (Å²) in [6.45, 7) is 4.79. The molecule has 0 bridgehead atoms. The number of aryl methyl sites for hydroxylation is 1. The number of carboxylic acid groups (broad SMARTS) is 1. The summed E-state index contributed by atoms with van der Waals surface area (Å²) >= 11 is 0. The zero-order chi connectivity index (χ0) is 14.8. The number of aromatic carboxylic acids is 1. The van der Waals surface area contributed by atoms with Gasteiger partial charge in [-0.1, -0.05) is 36.4 Å². The van der Waals surface area contributed by atoms with Crippen LogP contribution in [0.4, 0.5) is 0 Å². The molecule has 0 aliphatic carbocycles. The second-order valence-corrected chi connectivity index (χ2v) is 5.64. The molecule has 0 radical (unpaired) electrons. The van der Waals surface area contributed by atoms with E-state index in [1.54, 1.807) is 6.07 Å². The van der Waals surface area contributed by atoms with Crippen molar-refractivity contribution in [1.29, 1.82) is 0 Å². The molecule has 108 valence electrons. The van der Waals surface area contributed by atoms with Gasteiger partial charge in [0.1, 0.15) is 0 Å². The number of hydrogen-bond donors (Lipinski definition) is 1. The molecule has 21 heavy (non-hydrogen) atoms. The van der Waals surface area contributed by atoms with Gasteiger partial charge in [-0.25, -0.2) is 4.79 Å². The Kier molecular flexibility index (Phi) is 3.76. The third-order valence-electron chi connectivity index (χ3n) is 4.23. The summed E-state index contributed by atoms with van der Waals surface area (Å²) in [5, 5.41) is 9.26. The Morgan fingerprint density at radius 2 is 2.00 bits per heavy atom. The molecule has 1 heterocycles. The maximum Gasteiger partial charge on any atom is 0.335 e. The maximum absolute atomic E-state index is 11.3. The molecule has 1 N–H and O–H groups in total. The summed E-state index contributed by atoms with van der Waals surface area (Å²) in [6.07, 6.45) is 0.809. The highest BCUT2D eigenvalue weighted by molar-refractivity contribution is 5.89. The number of carbonyl (C=O) groups is 1. The van der Waals surface area contributed by atoms with Crippen molar-refractivity contribution in [2.45, 2.75) is 26.4 Å². The number of benzene rings is 2. The summed E-state index contributed by atoms with van der Waals surface area (Å²) in [5.41, 5.74) is 5.27. The van der Waals surface area contributed by atoms with Crippen LogP contribution in [0, 0.1) is 6.92 Å².